The third-order valence-electron chi connectivity index (χ3n) is 8.54. The van der Waals surface area contributed by atoms with Crippen molar-refractivity contribution in [1.82, 2.24) is 25.4 Å². The third kappa shape index (κ3) is 15.5. The van der Waals surface area contributed by atoms with Gasteiger partial charge in [0.25, 0.3) is 17.9 Å². The normalized spacial score (nSPS) is 15.9. The topological polar surface area (TPSA) is 268 Å². The van der Waals surface area contributed by atoms with Crippen molar-refractivity contribution in [3.8, 4) is 16.9 Å². The lowest BCUT2D eigenvalue weighted by Gasteiger charge is -2.50. The van der Waals surface area contributed by atoms with Crippen molar-refractivity contribution in [3.05, 3.63) is 46.7 Å². The highest BCUT2D eigenvalue weighted by atomic mass is 35.5. The van der Waals surface area contributed by atoms with Gasteiger partial charge in [-0.2, -0.15) is 18.2 Å². The number of hydrogen-bond acceptors (Lipinski definition) is 16. The van der Waals surface area contributed by atoms with Crippen LogP contribution in [0.3, 0.4) is 0 Å². The number of anilines is 1. The number of halogens is 1. The first-order valence-electron chi connectivity index (χ1n) is 20.0. The fourth-order valence-corrected chi connectivity index (χ4v) is 7.15. The number of thiazole rings is 1. The summed E-state index contributed by atoms with van der Waals surface area (Å²) < 4.78 is 62.1. The van der Waals surface area contributed by atoms with Crippen molar-refractivity contribution in [2.75, 3.05) is 18.5 Å². The van der Waals surface area contributed by atoms with Crippen LogP contribution in [-0.4, -0.2) is 111 Å². The number of nitrogens with zero attached hydrogens (tertiary/aromatic N) is 5. The van der Waals surface area contributed by atoms with Gasteiger partial charge >= 0.3 is 28.6 Å². The first kappa shape index (κ1) is 52.1. The summed E-state index contributed by atoms with van der Waals surface area (Å²) in [6.07, 6.45) is 1.45. The van der Waals surface area contributed by atoms with Crippen LogP contribution in [0.15, 0.2) is 41.1 Å². The number of amides is 4. The van der Waals surface area contributed by atoms with E-state index >= 15 is 0 Å². The molecule has 2 unspecified atom stereocenters. The molecule has 22 nitrogen and oxygen atoms in total. The fourth-order valence-electron chi connectivity index (χ4n) is 5.74. The van der Waals surface area contributed by atoms with Crippen molar-refractivity contribution in [2.24, 2.45) is 12.2 Å². The molecule has 65 heavy (non-hydrogen) atoms. The summed E-state index contributed by atoms with van der Waals surface area (Å²) >= 11 is 7.62. The highest BCUT2D eigenvalue weighted by molar-refractivity contribution is 7.80. The molecule has 0 aliphatic carbocycles. The van der Waals surface area contributed by atoms with Gasteiger partial charge in [0.05, 0.1) is 28.9 Å². The van der Waals surface area contributed by atoms with Crippen LogP contribution in [0, 0.1) is 0 Å². The smallest absolute Gasteiger partial charge is 0.418 e. The molecule has 0 radical (unpaired) electrons. The standard InChI is InChI=1S/C40H55ClN8O14S2/c1-37(2,3)59-33(52)28(21-58-24-14-15-25(26(41)18-24)23-19-47(12)48(20-23)17-13-16-42-35(53)60-38(4,5)6)62-46-29(27-22-64-34(43-27)45-36(54)61-39(7,8)9)31(50)44-30-32(51)49(40(30,10)11)63-65(55,56)57/h14-15,18-20,22,28,30H,13,16-17,21H2,1-12H3,(H3-,42,43,44,45,50,53,54,55,56,57)/p+1. The number of aryl methyl sites for hydroxylation is 2. The van der Waals surface area contributed by atoms with E-state index in [4.69, 9.17) is 39.9 Å². The molecule has 1 fully saturated rings. The summed E-state index contributed by atoms with van der Waals surface area (Å²) in [5.41, 5.74) is -3.26. The van der Waals surface area contributed by atoms with Crippen molar-refractivity contribution in [3.63, 3.8) is 0 Å². The molecule has 2 aromatic heterocycles. The predicted molar refractivity (Wildman–Crippen MR) is 235 cm³/mol. The largest absolute Gasteiger partial charge is 0.489 e. The number of nitrogens with one attached hydrogen (secondary N) is 3. The van der Waals surface area contributed by atoms with E-state index in [9.17, 15) is 32.4 Å². The first-order valence-corrected chi connectivity index (χ1v) is 22.6. The van der Waals surface area contributed by atoms with E-state index in [1.54, 1.807) is 74.4 Å². The molecular weight excluding hydrogens is 916 g/mol. The molecule has 0 saturated carbocycles. The lowest BCUT2D eigenvalue weighted by molar-refractivity contribution is -0.753. The highest BCUT2D eigenvalue weighted by Gasteiger charge is 2.58. The molecule has 0 bridgehead atoms. The second kappa shape index (κ2) is 20.3. The molecule has 358 valence electrons. The van der Waals surface area contributed by atoms with Crippen LogP contribution >= 0.6 is 22.9 Å². The molecule has 0 spiro atoms. The van der Waals surface area contributed by atoms with Gasteiger partial charge in [0, 0.05) is 17.5 Å². The number of aromatic nitrogens is 3. The summed E-state index contributed by atoms with van der Waals surface area (Å²) in [6, 6.07) is 3.47. The molecule has 25 heteroatoms. The first-order chi connectivity index (χ1) is 29.8. The maximum absolute atomic E-state index is 13.9. The molecule has 3 aromatic rings. The average molecular weight is 973 g/mol. The predicted octanol–water partition coefficient (Wildman–Crippen LogP) is 4.70. The number of esters is 1. The van der Waals surface area contributed by atoms with Crippen LogP contribution in [0.25, 0.3) is 11.1 Å². The van der Waals surface area contributed by atoms with Gasteiger partial charge in [-0.05, 0) is 101 Å². The highest BCUT2D eigenvalue weighted by Crippen LogP contribution is 2.34. The molecular formula is C40H56ClN8O14S2+. The van der Waals surface area contributed by atoms with Gasteiger partial charge in [0.1, 0.15) is 40.9 Å². The summed E-state index contributed by atoms with van der Waals surface area (Å²) in [5, 5.41) is 13.6. The van der Waals surface area contributed by atoms with Crippen LogP contribution in [-0.2, 0) is 61.7 Å². The number of rotatable bonds is 17. The number of carbonyl (C=O) groups is 5. The summed E-state index contributed by atoms with van der Waals surface area (Å²) in [4.78, 5) is 74.7. The average Bonchev–Trinajstić information content (AvgIpc) is 3.75. The fraction of sp³-hybridized carbons (Fsp3) is 0.550. The van der Waals surface area contributed by atoms with Crippen molar-refractivity contribution < 1.29 is 69.7 Å². The lowest BCUT2D eigenvalue weighted by Crippen LogP contribution is -2.76. The van der Waals surface area contributed by atoms with Gasteiger partial charge in [0.15, 0.2) is 17.9 Å². The number of hydrogen-bond donors (Lipinski definition) is 4. The van der Waals surface area contributed by atoms with E-state index in [0.717, 1.165) is 16.9 Å². The van der Waals surface area contributed by atoms with E-state index in [1.165, 1.54) is 25.3 Å². The van der Waals surface area contributed by atoms with Crippen LogP contribution in [0.4, 0.5) is 14.7 Å². The van der Waals surface area contributed by atoms with Gasteiger partial charge in [-0.3, -0.25) is 19.5 Å². The Hall–Kier alpha value is -5.56. The second-order valence-electron chi connectivity index (χ2n) is 18.1. The number of oxime groups is 1. The van der Waals surface area contributed by atoms with Crippen molar-refractivity contribution in [2.45, 2.75) is 124 Å². The number of β-lactam (4-membered cyclic amide) rings is 1. The SMILES string of the molecule is C[n+]1cc(-c2ccc(OCC(ON=C(C(=O)NC3C(=O)N(OS(=O)(=O)O)C3(C)C)c3csc(NC(=O)OC(C)(C)C)n3)C(=O)OC(C)(C)C)cc2Cl)cn1CCCNC(=O)OC(C)(C)C. The van der Waals surface area contributed by atoms with E-state index in [2.05, 4.69) is 30.4 Å². The molecule has 1 aromatic carbocycles. The van der Waals surface area contributed by atoms with Crippen molar-refractivity contribution in [1.29, 1.82) is 0 Å². The molecule has 2 atom stereocenters. The number of benzene rings is 1. The summed E-state index contributed by atoms with van der Waals surface area (Å²) in [7, 11) is -3.23. The van der Waals surface area contributed by atoms with Crippen LogP contribution < -0.4 is 25.4 Å². The molecule has 4 amide bonds. The lowest BCUT2D eigenvalue weighted by atomic mass is 9.84. The quantitative estimate of drug-likeness (QED) is 0.0209. The van der Waals surface area contributed by atoms with E-state index in [0.29, 0.717) is 35.2 Å². The van der Waals surface area contributed by atoms with Crippen LogP contribution in [0.1, 0.15) is 88.3 Å². The Balaban J connectivity index is 1.56. The maximum atomic E-state index is 13.9. The molecule has 1 aliphatic rings. The Labute approximate surface area is 385 Å². The zero-order valence-electron chi connectivity index (χ0n) is 38.1. The minimum absolute atomic E-state index is 0.0206. The van der Waals surface area contributed by atoms with E-state index < -0.39 is 87.2 Å². The zero-order chi connectivity index (χ0) is 48.9. The van der Waals surface area contributed by atoms with Crippen LogP contribution in [0.5, 0.6) is 5.75 Å². The van der Waals surface area contributed by atoms with E-state index in [-0.39, 0.29) is 16.6 Å². The van der Waals surface area contributed by atoms with Gasteiger partial charge in [-0.15, -0.1) is 20.3 Å². The van der Waals surface area contributed by atoms with Crippen LogP contribution in [0.2, 0.25) is 5.02 Å². The Morgan fingerprint density at radius 1 is 1.02 bits per heavy atom. The Kier molecular flexibility index (Phi) is 16.3. The monoisotopic (exact) mass is 971 g/mol. The molecule has 3 heterocycles. The van der Waals surface area contributed by atoms with Gasteiger partial charge in [-0.25, -0.2) is 19.4 Å². The minimum Gasteiger partial charge on any atom is -0.489 e. The second-order valence-corrected chi connectivity index (χ2v) is 20.4. The Bertz CT molecular complexity index is 2400. The summed E-state index contributed by atoms with van der Waals surface area (Å²) in [6.45, 7) is 18.4. The van der Waals surface area contributed by atoms with Gasteiger partial charge < -0.3 is 34.4 Å². The number of alkyl carbamates (subject to hydrolysis) is 1. The minimum atomic E-state index is -5.09. The summed E-state index contributed by atoms with van der Waals surface area (Å²) in [5.74, 6) is -2.82. The number of ether oxygens (including phenoxy) is 4. The third-order valence-corrected chi connectivity index (χ3v) is 9.94. The molecule has 1 saturated heterocycles. The van der Waals surface area contributed by atoms with E-state index in [1.807, 2.05) is 28.8 Å². The zero-order valence-corrected chi connectivity index (χ0v) is 40.5. The Morgan fingerprint density at radius 3 is 2.23 bits per heavy atom. The Morgan fingerprint density at radius 2 is 1.65 bits per heavy atom. The number of carbonyl (C=O) groups excluding carboxylic acids is 5. The molecule has 4 rings (SSSR count). The number of hydroxylamine groups is 2. The van der Waals surface area contributed by atoms with Gasteiger partial charge in [-0.1, -0.05) is 16.8 Å². The molecule has 4 N–H and O–H groups in total. The van der Waals surface area contributed by atoms with Crippen molar-refractivity contribution >= 4 is 74.2 Å². The van der Waals surface area contributed by atoms with Gasteiger partial charge in [0.2, 0.25) is 6.20 Å². The maximum Gasteiger partial charge on any atom is 0.418 e. The molecule has 1 aliphatic heterocycles.